The number of hydrogen-bond acceptors (Lipinski definition) is 5. The van der Waals surface area contributed by atoms with E-state index in [1.54, 1.807) is 45.7 Å². The quantitative estimate of drug-likeness (QED) is 0.437. The van der Waals surface area contributed by atoms with Crippen LogP contribution in [0.5, 0.6) is 0 Å². The van der Waals surface area contributed by atoms with Crippen LogP contribution in [-0.4, -0.2) is 92.4 Å². The van der Waals surface area contributed by atoms with Crippen molar-refractivity contribution in [1.29, 1.82) is 0 Å². The van der Waals surface area contributed by atoms with Gasteiger partial charge in [0.1, 0.15) is 6.04 Å². The maximum Gasteiger partial charge on any atom is 0.247 e. The first kappa shape index (κ1) is 27.8. The number of aliphatic hydroxyl groups excluding tert-OH is 1. The number of hydrogen-bond donors (Lipinski definition) is 1. The van der Waals surface area contributed by atoms with E-state index in [4.69, 9.17) is 0 Å². The molecular weight excluding hydrogens is 462 g/mol. The van der Waals surface area contributed by atoms with E-state index >= 15 is 0 Å². The van der Waals surface area contributed by atoms with Crippen LogP contribution in [0, 0.1) is 23.7 Å². The second-order valence-electron chi connectivity index (χ2n) is 10.8. The third-order valence-corrected chi connectivity index (χ3v) is 10.6. The molecule has 1 spiro atoms. The van der Waals surface area contributed by atoms with Crippen LogP contribution in [-0.2, 0) is 14.4 Å². The van der Waals surface area contributed by atoms with Gasteiger partial charge in [-0.05, 0) is 32.1 Å². The standard InChI is InChI=1S/C27H43N3O4S/c1-9-12-28(8)24(32)21-20-14-18(7)27(35-20)22(21)25(33)30(19(15-31)17(6)11-3)23(27)26(34)29(13-10-2)16(4)5/h9-10,16-23,31H,1-2,11-15H2,3-8H3/t17-,18?,19-,20-,21+,22-,23?,27?/m0/s1. The van der Waals surface area contributed by atoms with E-state index in [9.17, 15) is 19.5 Å². The first-order valence-corrected chi connectivity index (χ1v) is 13.8. The molecule has 0 aromatic carbocycles. The monoisotopic (exact) mass is 505 g/mol. The summed E-state index contributed by atoms with van der Waals surface area (Å²) in [4.78, 5) is 47.4. The van der Waals surface area contributed by atoms with Gasteiger partial charge in [0.15, 0.2) is 0 Å². The number of fused-ring (bicyclic) bond motifs is 1. The molecule has 35 heavy (non-hydrogen) atoms. The van der Waals surface area contributed by atoms with Crippen LogP contribution in [0.2, 0.25) is 0 Å². The molecule has 196 valence electrons. The largest absolute Gasteiger partial charge is 0.394 e. The lowest BCUT2D eigenvalue weighted by molar-refractivity contribution is -0.148. The van der Waals surface area contributed by atoms with Gasteiger partial charge in [0.2, 0.25) is 17.7 Å². The molecular formula is C27H43N3O4S. The summed E-state index contributed by atoms with van der Waals surface area (Å²) in [7, 11) is 1.75. The second kappa shape index (κ2) is 10.7. The fourth-order valence-corrected chi connectivity index (χ4v) is 8.98. The molecule has 3 unspecified atom stereocenters. The fourth-order valence-electron chi connectivity index (χ4n) is 6.58. The predicted octanol–water partition coefficient (Wildman–Crippen LogP) is 2.80. The molecule has 3 heterocycles. The summed E-state index contributed by atoms with van der Waals surface area (Å²) in [5, 5.41) is 10.5. The lowest BCUT2D eigenvalue weighted by atomic mass is 9.65. The molecule has 0 aliphatic carbocycles. The Morgan fingerprint density at radius 2 is 1.86 bits per heavy atom. The highest BCUT2D eigenvalue weighted by molar-refractivity contribution is 8.02. The average Bonchev–Trinajstić information content (AvgIpc) is 3.41. The van der Waals surface area contributed by atoms with Crippen molar-refractivity contribution in [3.05, 3.63) is 25.3 Å². The van der Waals surface area contributed by atoms with E-state index in [-0.39, 0.29) is 47.5 Å². The Morgan fingerprint density at radius 1 is 1.23 bits per heavy atom. The van der Waals surface area contributed by atoms with Crippen molar-refractivity contribution >= 4 is 29.5 Å². The third kappa shape index (κ3) is 4.24. The number of carbonyl (C=O) groups is 3. The third-order valence-electron chi connectivity index (χ3n) is 8.56. The highest BCUT2D eigenvalue weighted by Crippen LogP contribution is 2.69. The Kier molecular flexibility index (Phi) is 8.47. The molecule has 0 saturated carbocycles. The molecule has 0 aromatic heterocycles. The van der Waals surface area contributed by atoms with Crippen molar-refractivity contribution in [2.24, 2.45) is 23.7 Å². The van der Waals surface area contributed by atoms with Crippen molar-refractivity contribution in [1.82, 2.24) is 14.7 Å². The van der Waals surface area contributed by atoms with Crippen LogP contribution in [0.4, 0.5) is 0 Å². The van der Waals surface area contributed by atoms with Crippen LogP contribution in [0.3, 0.4) is 0 Å². The van der Waals surface area contributed by atoms with E-state index < -0.39 is 28.7 Å². The van der Waals surface area contributed by atoms with Gasteiger partial charge in [-0.3, -0.25) is 14.4 Å². The number of nitrogens with zero attached hydrogens (tertiary/aromatic N) is 3. The first-order valence-electron chi connectivity index (χ1n) is 12.9. The lowest BCUT2D eigenvalue weighted by Gasteiger charge is -2.43. The molecule has 0 aromatic rings. The summed E-state index contributed by atoms with van der Waals surface area (Å²) < 4.78 is -0.691. The molecule has 0 radical (unpaired) electrons. The Bertz CT molecular complexity index is 863. The average molecular weight is 506 g/mol. The van der Waals surface area contributed by atoms with Gasteiger partial charge in [0.05, 0.1) is 29.2 Å². The Labute approximate surface area is 215 Å². The molecule has 1 N–H and O–H groups in total. The number of thioether (sulfide) groups is 1. The van der Waals surface area contributed by atoms with Crippen LogP contribution in [0.25, 0.3) is 0 Å². The molecule has 3 amide bonds. The number of likely N-dealkylation sites (N-methyl/N-ethyl adjacent to an activating group) is 1. The zero-order valence-electron chi connectivity index (χ0n) is 22.1. The summed E-state index contributed by atoms with van der Waals surface area (Å²) in [6.45, 7) is 18.3. The highest BCUT2D eigenvalue weighted by atomic mass is 32.2. The summed E-state index contributed by atoms with van der Waals surface area (Å²) >= 11 is 1.68. The van der Waals surface area contributed by atoms with E-state index in [2.05, 4.69) is 20.1 Å². The van der Waals surface area contributed by atoms with E-state index in [0.717, 1.165) is 12.8 Å². The van der Waals surface area contributed by atoms with E-state index in [1.165, 1.54) is 0 Å². The minimum absolute atomic E-state index is 0.000699. The first-order chi connectivity index (χ1) is 16.5. The number of likely N-dealkylation sites (tertiary alicyclic amines) is 1. The van der Waals surface area contributed by atoms with Gasteiger partial charge in [0.25, 0.3) is 0 Å². The molecule has 8 heteroatoms. The smallest absolute Gasteiger partial charge is 0.247 e. The van der Waals surface area contributed by atoms with Gasteiger partial charge < -0.3 is 19.8 Å². The Hall–Kier alpha value is -1.80. The summed E-state index contributed by atoms with van der Waals surface area (Å²) in [5.41, 5.74) is 0. The Morgan fingerprint density at radius 3 is 2.37 bits per heavy atom. The van der Waals surface area contributed by atoms with Crippen LogP contribution in [0.15, 0.2) is 25.3 Å². The fraction of sp³-hybridized carbons (Fsp3) is 0.741. The molecule has 3 saturated heterocycles. The number of amides is 3. The summed E-state index contributed by atoms with van der Waals surface area (Å²) in [6.07, 6.45) is 4.96. The van der Waals surface area contributed by atoms with Crippen molar-refractivity contribution in [2.45, 2.75) is 75.6 Å². The van der Waals surface area contributed by atoms with Gasteiger partial charge in [-0.2, -0.15) is 0 Å². The van der Waals surface area contributed by atoms with Crippen LogP contribution >= 0.6 is 11.8 Å². The van der Waals surface area contributed by atoms with Gasteiger partial charge in [-0.25, -0.2) is 0 Å². The van der Waals surface area contributed by atoms with Gasteiger partial charge in [-0.1, -0.05) is 39.3 Å². The second-order valence-corrected chi connectivity index (χ2v) is 12.4. The minimum Gasteiger partial charge on any atom is -0.394 e. The normalized spacial score (nSPS) is 33.0. The lowest BCUT2D eigenvalue weighted by Crippen LogP contribution is -2.61. The summed E-state index contributed by atoms with van der Waals surface area (Å²) in [6, 6.07) is -1.27. The molecule has 2 bridgehead atoms. The van der Waals surface area contributed by atoms with E-state index in [0.29, 0.717) is 13.1 Å². The maximum atomic E-state index is 14.3. The van der Waals surface area contributed by atoms with Crippen molar-refractivity contribution in [3.8, 4) is 0 Å². The number of rotatable bonds is 11. The molecule has 7 nitrogen and oxygen atoms in total. The number of carbonyl (C=O) groups excluding carboxylic acids is 3. The molecule has 3 aliphatic rings. The molecule has 8 atom stereocenters. The summed E-state index contributed by atoms with van der Waals surface area (Å²) in [5.74, 6) is -1.27. The topological polar surface area (TPSA) is 81.2 Å². The molecule has 3 fully saturated rings. The van der Waals surface area contributed by atoms with Crippen molar-refractivity contribution in [3.63, 3.8) is 0 Å². The van der Waals surface area contributed by atoms with Crippen molar-refractivity contribution in [2.75, 3.05) is 26.7 Å². The number of aliphatic hydroxyl groups is 1. The molecule has 3 rings (SSSR count). The van der Waals surface area contributed by atoms with E-state index in [1.807, 2.05) is 27.7 Å². The molecule has 3 aliphatic heterocycles. The SMILES string of the molecule is C=CCN(C)C(=O)[C@@H]1[C@@H]2CC(C)C3(S2)C(C(=O)N(CC=C)C(C)C)N([C@@H](CO)[C@@H](C)CC)C(=O)[C@H]13. The maximum absolute atomic E-state index is 14.3. The highest BCUT2D eigenvalue weighted by Gasteiger charge is 2.77. The zero-order chi connectivity index (χ0) is 26.2. The van der Waals surface area contributed by atoms with Gasteiger partial charge >= 0.3 is 0 Å². The van der Waals surface area contributed by atoms with Crippen LogP contribution < -0.4 is 0 Å². The zero-order valence-corrected chi connectivity index (χ0v) is 23.0. The van der Waals surface area contributed by atoms with Gasteiger partial charge in [-0.15, -0.1) is 24.9 Å². The van der Waals surface area contributed by atoms with Crippen LogP contribution in [0.1, 0.15) is 47.5 Å². The van der Waals surface area contributed by atoms with Gasteiger partial charge in [0, 0.05) is 31.4 Å². The Balaban J connectivity index is 2.18. The minimum atomic E-state index is -0.721. The predicted molar refractivity (Wildman–Crippen MR) is 141 cm³/mol. The van der Waals surface area contributed by atoms with Crippen molar-refractivity contribution < 1.29 is 19.5 Å².